The first kappa shape index (κ1) is 15.9. The zero-order chi connectivity index (χ0) is 17.4. The molecule has 0 radical (unpaired) electrons. The number of fused-ring (bicyclic) bond motifs is 1. The Hall–Kier alpha value is -2.31. The van der Waals surface area contributed by atoms with Gasteiger partial charge < -0.3 is 10.1 Å². The van der Waals surface area contributed by atoms with Gasteiger partial charge in [0.1, 0.15) is 0 Å². The van der Waals surface area contributed by atoms with Crippen LogP contribution in [-0.4, -0.2) is 44.7 Å². The van der Waals surface area contributed by atoms with Crippen molar-refractivity contribution in [3.05, 3.63) is 48.5 Å². The molecule has 3 aromatic rings. The van der Waals surface area contributed by atoms with Crippen molar-refractivity contribution in [3.8, 4) is 11.4 Å². The number of aromatic nitrogens is 4. The number of imidazole rings is 1. The molecule has 5 rings (SSSR count). The molecule has 1 N–H and O–H groups in total. The molecule has 0 bridgehead atoms. The topological polar surface area (TPSA) is 64.3 Å². The van der Waals surface area contributed by atoms with E-state index < -0.39 is 0 Å². The van der Waals surface area contributed by atoms with Gasteiger partial charge >= 0.3 is 0 Å². The van der Waals surface area contributed by atoms with Gasteiger partial charge in [-0.15, -0.1) is 0 Å². The van der Waals surface area contributed by atoms with Crippen LogP contribution in [-0.2, 0) is 11.2 Å². The molecule has 134 valence electrons. The molecule has 2 saturated heterocycles. The molecule has 2 aliphatic heterocycles. The van der Waals surface area contributed by atoms with Crippen LogP contribution in [0.25, 0.3) is 17.2 Å². The molecule has 5 heterocycles. The highest BCUT2D eigenvalue weighted by Crippen LogP contribution is 2.38. The van der Waals surface area contributed by atoms with E-state index in [2.05, 4.69) is 27.4 Å². The lowest BCUT2D eigenvalue weighted by atomic mass is 9.85. The zero-order valence-electron chi connectivity index (χ0n) is 14.8. The Morgan fingerprint density at radius 2 is 2.12 bits per heavy atom. The van der Waals surface area contributed by atoms with E-state index in [4.69, 9.17) is 9.72 Å². The van der Waals surface area contributed by atoms with Gasteiger partial charge in [0.2, 0.25) is 5.78 Å². The minimum Gasteiger partial charge on any atom is -0.375 e. The van der Waals surface area contributed by atoms with Crippen molar-refractivity contribution in [3.63, 3.8) is 0 Å². The Bertz CT molecular complexity index is 915. The van der Waals surface area contributed by atoms with Crippen LogP contribution in [0.1, 0.15) is 25.0 Å². The van der Waals surface area contributed by atoms with Gasteiger partial charge in [-0.05, 0) is 62.9 Å². The summed E-state index contributed by atoms with van der Waals surface area (Å²) in [5.74, 6) is 1.26. The van der Waals surface area contributed by atoms with Crippen molar-refractivity contribution >= 4 is 5.78 Å². The summed E-state index contributed by atoms with van der Waals surface area (Å²) in [6.07, 6.45) is 9.96. The Kier molecular flexibility index (Phi) is 3.94. The minimum atomic E-state index is 0.112. The molecule has 3 aromatic heterocycles. The van der Waals surface area contributed by atoms with Gasteiger partial charge in [-0.2, -0.15) is 0 Å². The number of hydrogen-bond donors (Lipinski definition) is 1. The van der Waals surface area contributed by atoms with E-state index in [1.54, 1.807) is 6.20 Å². The van der Waals surface area contributed by atoms with Crippen LogP contribution in [0, 0.1) is 5.92 Å². The average molecular weight is 349 g/mol. The van der Waals surface area contributed by atoms with Crippen molar-refractivity contribution in [2.75, 3.05) is 19.7 Å². The molecule has 0 aliphatic carbocycles. The van der Waals surface area contributed by atoms with E-state index in [9.17, 15) is 0 Å². The third kappa shape index (κ3) is 2.89. The maximum atomic E-state index is 6.24. The molecule has 2 fully saturated rings. The molecule has 6 nitrogen and oxygen atoms in total. The first-order valence-corrected chi connectivity index (χ1v) is 9.40. The molecule has 0 amide bonds. The summed E-state index contributed by atoms with van der Waals surface area (Å²) < 4.78 is 8.22. The van der Waals surface area contributed by atoms with E-state index in [-0.39, 0.29) is 5.60 Å². The van der Waals surface area contributed by atoms with Crippen LogP contribution >= 0.6 is 0 Å². The molecular weight excluding hydrogens is 326 g/mol. The normalized spacial score (nSPS) is 22.2. The highest BCUT2D eigenvalue weighted by molar-refractivity contribution is 5.58. The molecule has 0 saturated carbocycles. The van der Waals surface area contributed by atoms with Crippen molar-refractivity contribution in [1.82, 2.24) is 24.7 Å². The zero-order valence-corrected chi connectivity index (χ0v) is 14.8. The molecule has 1 atom stereocenters. The first-order chi connectivity index (χ1) is 12.8. The molecule has 26 heavy (non-hydrogen) atoms. The van der Waals surface area contributed by atoms with Crippen LogP contribution in [0.3, 0.4) is 0 Å². The lowest BCUT2D eigenvalue weighted by Crippen LogP contribution is -2.41. The Morgan fingerprint density at radius 1 is 1.19 bits per heavy atom. The van der Waals surface area contributed by atoms with Crippen LogP contribution in [0.4, 0.5) is 0 Å². The Morgan fingerprint density at radius 3 is 3.04 bits per heavy atom. The number of hydrogen-bond acceptors (Lipinski definition) is 5. The molecule has 0 aromatic carbocycles. The lowest BCUT2D eigenvalue weighted by Gasteiger charge is -2.33. The smallest absolute Gasteiger partial charge is 0.234 e. The number of pyridine rings is 1. The van der Waals surface area contributed by atoms with Crippen molar-refractivity contribution in [2.45, 2.75) is 31.3 Å². The summed E-state index contributed by atoms with van der Waals surface area (Å²) in [6, 6.07) is 8.16. The summed E-state index contributed by atoms with van der Waals surface area (Å²) in [6.45, 7) is 3.00. The van der Waals surface area contributed by atoms with Crippen LogP contribution < -0.4 is 5.32 Å². The van der Waals surface area contributed by atoms with E-state index in [1.165, 1.54) is 0 Å². The fraction of sp³-hybridized carbons (Fsp3) is 0.450. The number of rotatable bonds is 3. The SMILES string of the molecule is c1cc(CC2COC3(CCNCC3)C2)nc(-c2cnc3ncccn23)c1. The van der Waals surface area contributed by atoms with Gasteiger partial charge in [0, 0.05) is 18.1 Å². The lowest BCUT2D eigenvalue weighted by molar-refractivity contribution is -0.0196. The quantitative estimate of drug-likeness (QED) is 0.787. The third-order valence-electron chi connectivity index (χ3n) is 5.66. The second-order valence-corrected chi connectivity index (χ2v) is 7.47. The van der Waals surface area contributed by atoms with Gasteiger partial charge in [-0.1, -0.05) is 6.07 Å². The molecule has 1 unspecified atom stereocenters. The number of ether oxygens (including phenoxy) is 1. The van der Waals surface area contributed by atoms with Crippen LogP contribution in [0.15, 0.2) is 42.9 Å². The van der Waals surface area contributed by atoms with Crippen molar-refractivity contribution < 1.29 is 4.74 Å². The average Bonchev–Trinajstić information content (AvgIpc) is 3.27. The number of nitrogens with one attached hydrogen (secondary N) is 1. The van der Waals surface area contributed by atoms with Gasteiger partial charge in [0.15, 0.2) is 0 Å². The maximum Gasteiger partial charge on any atom is 0.234 e. The van der Waals surface area contributed by atoms with Crippen LogP contribution in [0.2, 0.25) is 0 Å². The minimum absolute atomic E-state index is 0.112. The summed E-state index contributed by atoms with van der Waals surface area (Å²) in [7, 11) is 0. The fourth-order valence-corrected chi connectivity index (χ4v) is 4.35. The van der Waals surface area contributed by atoms with Crippen molar-refractivity contribution in [2.24, 2.45) is 5.92 Å². The summed E-state index contributed by atoms with van der Waals surface area (Å²) >= 11 is 0. The standard InChI is InChI=1S/C20H23N5O/c1-3-16(11-15-12-20(26-14-15)5-8-21-9-6-20)24-17(4-1)18-13-23-19-22-7-2-10-25(18)19/h1-4,7,10,13,15,21H,5-6,8-9,11-12,14H2. The van der Waals surface area contributed by atoms with E-state index >= 15 is 0 Å². The molecule has 1 spiro atoms. The number of piperidine rings is 1. The highest BCUT2D eigenvalue weighted by atomic mass is 16.5. The summed E-state index contributed by atoms with van der Waals surface area (Å²) in [4.78, 5) is 13.6. The maximum absolute atomic E-state index is 6.24. The first-order valence-electron chi connectivity index (χ1n) is 9.40. The largest absolute Gasteiger partial charge is 0.375 e. The summed E-state index contributed by atoms with van der Waals surface area (Å²) in [5.41, 5.74) is 3.16. The highest BCUT2D eigenvalue weighted by Gasteiger charge is 2.41. The number of nitrogens with zero attached hydrogens (tertiary/aromatic N) is 4. The van der Waals surface area contributed by atoms with Gasteiger partial charge in [-0.25, -0.2) is 9.97 Å². The monoisotopic (exact) mass is 349 g/mol. The van der Waals surface area contributed by atoms with Gasteiger partial charge in [0.25, 0.3) is 0 Å². The second-order valence-electron chi connectivity index (χ2n) is 7.47. The van der Waals surface area contributed by atoms with Crippen LogP contribution in [0.5, 0.6) is 0 Å². The molecular formula is C20H23N5O. The van der Waals surface area contributed by atoms with E-state index in [1.807, 2.05) is 28.9 Å². The molecule has 6 heteroatoms. The predicted molar refractivity (Wildman–Crippen MR) is 98.8 cm³/mol. The van der Waals surface area contributed by atoms with Crippen molar-refractivity contribution in [1.29, 1.82) is 0 Å². The Balaban J connectivity index is 1.36. The predicted octanol–water partition coefficient (Wildman–Crippen LogP) is 2.49. The molecule has 2 aliphatic rings. The van der Waals surface area contributed by atoms with Gasteiger partial charge in [0.05, 0.1) is 29.8 Å². The third-order valence-corrected chi connectivity index (χ3v) is 5.66. The Labute approximate surface area is 152 Å². The van der Waals surface area contributed by atoms with E-state index in [0.29, 0.717) is 11.7 Å². The summed E-state index contributed by atoms with van der Waals surface area (Å²) in [5, 5.41) is 3.43. The fourth-order valence-electron chi connectivity index (χ4n) is 4.35. The van der Waals surface area contributed by atoms with Gasteiger partial charge in [-0.3, -0.25) is 9.38 Å². The second kappa shape index (κ2) is 6.45. The van der Waals surface area contributed by atoms with E-state index in [0.717, 1.165) is 62.5 Å².